The van der Waals surface area contributed by atoms with E-state index in [9.17, 15) is 0 Å². The second kappa shape index (κ2) is 5.69. The van der Waals surface area contributed by atoms with Crippen LogP contribution in [0.15, 0.2) is 66.7 Å². The van der Waals surface area contributed by atoms with Gasteiger partial charge in [-0.15, -0.1) is 0 Å². The number of halogens is 2. The Morgan fingerprint density at radius 2 is 1.52 bits per heavy atom. The van der Waals surface area contributed by atoms with E-state index in [1.807, 2.05) is 66.7 Å². The Morgan fingerprint density at radius 1 is 0.739 bits per heavy atom. The third-order valence-corrected chi connectivity index (χ3v) is 4.08. The Labute approximate surface area is 143 Å². The summed E-state index contributed by atoms with van der Waals surface area (Å²) >= 11 is 12.4. The summed E-state index contributed by atoms with van der Waals surface area (Å²) in [5, 5.41) is 5.71. The van der Waals surface area contributed by atoms with Crippen molar-refractivity contribution in [2.75, 3.05) is 0 Å². The molecule has 2 aromatic heterocycles. The van der Waals surface area contributed by atoms with Crippen molar-refractivity contribution >= 4 is 28.8 Å². The van der Waals surface area contributed by atoms with Gasteiger partial charge in [0.25, 0.3) is 0 Å². The molecule has 5 heteroatoms. The Morgan fingerprint density at radius 3 is 2.30 bits per heavy atom. The minimum absolute atomic E-state index is 0.516. The first-order valence-electron chi connectivity index (χ1n) is 7.08. The van der Waals surface area contributed by atoms with Crippen LogP contribution in [-0.4, -0.2) is 14.6 Å². The summed E-state index contributed by atoms with van der Waals surface area (Å²) < 4.78 is 1.63. The molecule has 0 saturated carbocycles. The van der Waals surface area contributed by atoms with Gasteiger partial charge in [-0.25, -0.2) is 9.50 Å². The fraction of sp³-hybridized carbons (Fsp3) is 0. The van der Waals surface area contributed by atoms with Crippen LogP contribution in [0.3, 0.4) is 0 Å². The van der Waals surface area contributed by atoms with Crippen LogP contribution in [0.1, 0.15) is 0 Å². The molecule has 0 radical (unpaired) electrons. The van der Waals surface area contributed by atoms with E-state index >= 15 is 0 Å². The van der Waals surface area contributed by atoms with E-state index in [1.165, 1.54) is 0 Å². The lowest BCUT2D eigenvalue weighted by Crippen LogP contribution is -1.94. The molecule has 0 amide bonds. The molecule has 0 aliphatic carbocycles. The summed E-state index contributed by atoms with van der Waals surface area (Å²) in [4.78, 5) is 4.66. The fourth-order valence-corrected chi connectivity index (χ4v) is 2.90. The molecule has 112 valence electrons. The summed E-state index contributed by atoms with van der Waals surface area (Å²) in [6, 6.07) is 21.2. The van der Waals surface area contributed by atoms with Gasteiger partial charge in [-0.05, 0) is 12.1 Å². The fourth-order valence-electron chi connectivity index (χ4n) is 2.48. The highest BCUT2D eigenvalue weighted by atomic mass is 35.5. The number of aromatic nitrogens is 3. The molecule has 0 aliphatic heterocycles. The van der Waals surface area contributed by atoms with Crippen LogP contribution < -0.4 is 0 Å². The zero-order valence-electron chi connectivity index (χ0n) is 11.9. The topological polar surface area (TPSA) is 30.2 Å². The predicted octanol–water partition coefficient (Wildman–Crippen LogP) is 5.37. The van der Waals surface area contributed by atoms with Crippen molar-refractivity contribution in [3.05, 3.63) is 76.9 Å². The maximum atomic E-state index is 6.38. The Balaban J connectivity index is 1.87. The maximum Gasteiger partial charge on any atom is 0.158 e. The summed E-state index contributed by atoms with van der Waals surface area (Å²) in [6.07, 6.45) is 0. The van der Waals surface area contributed by atoms with Crippen molar-refractivity contribution in [3.63, 3.8) is 0 Å². The Kier molecular flexibility index (Phi) is 3.52. The molecular formula is C18H11Cl2N3. The Bertz CT molecular complexity index is 994. The van der Waals surface area contributed by atoms with Gasteiger partial charge in [-0.2, -0.15) is 5.10 Å². The van der Waals surface area contributed by atoms with Crippen molar-refractivity contribution in [1.82, 2.24) is 14.6 Å². The van der Waals surface area contributed by atoms with E-state index in [4.69, 9.17) is 23.2 Å². The normalized spacial score (nSPS) is 11.0. The molecule has 0 N–H and O–H groups in total. The van der Waals surface area contributed by atoms with E-state index in [1.54, 1.807) is 4.52 Å². The summed E-state index contributed by atoms with van der Waals surface area (Å²) in [5.41, 5.74) is 4.25. The first-order valence-corrected chi connectivity index (χ1v) is 7.84. The standard InChI is InChI=1S/C18H11Cl2N3/c19-14-8-4-7-13(9-14)16-11-18-21-15(10-17(20)23(18)22-16)12-5-2-1-3-6-12/h1-11H. The van der Waals surface area contributed by atoms with Gasteiger partial charge in [-0.3, -0.25) is 0 Å². The lowest BCUT2D eigenvalue weighted by Gasteiger charge is -2.03. The van der Waals surface area contributed by atoms with Gasteiger partial charge in [0.15, 0.2) is 5.65 Å². The van der Waals surface area contributed by atoms with E-state index in [-0.39, 0.29) is 0 Å². The van der Waals surface area contributed by atoms with Crippen LogP contribution in [0.2, 0.25) is 10.2 Å². The van der Waals surface area contributed by atoms with Crippen molar-refractivity contribution in [3.8, 4) is 22.5 Å². The first-order chi connectivity index (χ1) is 11.2. The van der Waals surface area contributed by atoms with Gasteiger partial charge >= 0.3 is 0 Å². The first kappa shape index (κ1) is 14.2. The number of rotatable bonds is 2. The molecule has 0 bridgehead atoms. The van der Waals surface area contributed by atoms with E-state index in [0.29, 0.717) is 15.8 Å². The molecule has 23 heavy (non-hydrogen) atoms. The number of fused-ring (bicyclic) bond motifs is 1. The van der Waals surface area contributed by atoms with Gasteiger partial charge in [0.05, 0.1) is 11.4 Å². The number of benzene rings is 2. The summed E-state index contributed by atoms with van der Waals surface area (Å²) in [7, 11) is 0. The van der Waals surface area contributed by atoms with Crippen molar-refractivity contribution in [1.29, 1.82) is 0 Å². The molecule has 0 aliphatic rings. The third kappa shape index (κ3) is 2.69. The van der Waals surface area contributed by atoms with Crippen LogP contribution in [0, 0.1) is 0 Å². The molecule has 4 rings (SSSR count). The molecule has 3 nitrogen and oxygen atoms in total. The summed E-state index contributed by atoms with van der Waals surface area (Å²) in [5.74, 6) is 0. The molecule has 4 aromatic rings. The molecule has 0 atom stereocenters. The SMILES string of the molecule is Clc1cccc(-c2cc3nc(-c4ccccc4)cc(Cl)n3n2)c1. The third-order valence-electron chi connectivity index (χ3n) is 3.57. The molecule has 0 unspecified atom stereocenters. The lowest BCUT2D eigenvalue weighted by atomic mass is 10.1. The summed E-state index contributed by atoms with van der Waals surface area (Å²) in [6.45, 7) is 0. The zero-order valence-corrected chi connectivity index (χ0v) is 13.5. The smallest absolute Gasteiger partial charge is 0.158 e. The number of hydrogen-bond donors (Lipinski definition) is 0. The van der Waals surface area contributed by atoms with E-state index < -0.39 is 0 Å². The second-order valence-corrected chi connectivity index (χ2v) is 5.96. The van der Waals surface area contributed by atoms with Gasteiger partial charge < -0.3 is 0 Å². The minimum Gasteiger partial charge on any atom is -0.228 e. The molecular weight excluding hydrogens is 329 g/mol. The van der Waals surface area contributed by atoms with E-state index in [2.05, 4.69) is 10.1 Å². The van der Waals surface area contributed by atoms with E-state index in [0.717, 1.165) is 22.5 Å². The van der Waals surface area contributed by atoms with Crippen molar-refractivity contribution in [2.24, 2.45) is 0 Å². The van der Waals surface area contributed by atoms with Gasteiger partial charge in [0.2, 0.25) is 0 Å². The van der Waals surface area contributed by atoms with Gasteiger partial charge in [-0.1, -0.05) is 65.7 Å². The quantitative estimate of drug-likeness (QED) is 0.459. The highest BCUT2D eigenvalue weighted by Crippen LogP contribution is 2.26. The lowest BCUT2D eigenvalue weighted by molar-refractivity contribution is 0.946. The van der Waals surface area contributed by atoms with Gasteiger partial charge in [0.1, 0.15) is 5.15 Å². The van der Waals surface area contributed by atoms with Crippen LogP contribution in [0.25, 0.3) is 28.2 Å². The predicted molar refractivity (Wildman–Crippen MR) is 93.9 cm³/mol. The molecule has 2 aromatic carbocycles. The molecule has 0 spiro atoms. The van der Waals surface area contributed by atoms with Crippen LogP contribution in [0.5, 0.6) is 0 Å². The monoisotopic (exact) mass is 339 g/mol. The zero-order chi connectivity index (χ0) is 15.8. The average molecular weight is 340 g/mol. The number of hydrogen-bond acceptors (Lipinski definition) is 2. The van der Waals surface area contributed by atoms with Crippen LogP contribution >= 0.6 is 23.2 Å². The Hall–Kier alpha value is -2.36. The minimum atomic E-state index is 0.516. The van der Waals surface area contributed by atoms with Crippen molar-refractivity contribution < 1.29 is 0 Å². The number of nitrogens with zero attached hydrogens (tertiary/aromatic N) is 3. The van der Waals surface area contributed by atoms with Crippen LogP contribution in [0.4, 0.5) is 0 Å². The maximum absolute atomic E-state index is 6.38. The molecule has 0 fully saturated rings. The second-order valence-electron chi connectivity index (χ2n) is 5.14. The van der Waals surface area contributed by atoms with Crippen molar-refractivity contribution in [2.45, 2.75) is 0 Å². The highest BCUT2D eigenvalue weighted by molar-refractivity contribution is 6.31. The highest BCUT2D eigenvalue weighted by Gasteiger charge is 2.11. The molecule has 2 heterocycles. The average Bonchev–Trinajstić information content (AvgIpc) is 3.00. The molecule has 0 saturated heterocycles. The van der Waals surface area contributed by atoms with Gasteiger partial charge in [0, 0.05) is 28.3 Å². The largest absolute Gasteiger partial charge is 0.228 e. The van der Waals surface area contributed by atoms with Crippen LogP contribution in [-0.2, 0) is 0 Å².